The van der Waals surface area contributed by atoms with E-state index in [1.807, 2.05) is 37.3 Å². The normalized spacial score (nSPS) is 27.2. The molecule has 7 heteroatoms. The van der Waals surface area contributed by atoms with Gasteiger partial charge in [0.15, 0.2) is 0 Å². The highest BCUT2D eigenvalue weighted by molar-refractivity contribution is 5.87. The Morgan fingerprint density at radius 2 is 2.05 bits per heavy atom. The van der Waals surface area contributed by atoms with E-state index in [0.717, 1.165) is 55.7 Å². The van der Waals surface area contributed by atoms with Crippen molar-refractivity contribution in [3.8, 4) is 5.75 Å². The topological polar surface area (TPSA) is 97.8 Å². The number of rotatable bonds is 6. The predicted octanol–water partition coefficient (Wildman–Crippen LogP) is 5.02. The smallest absolute Gasteiger partial charge is 0.267 e. The summed E-state index contributed by atoms with van der Waals surface area (Å²) in [5.41, 5.74) is 7.50. The molecule has 2 aromatic carbocycles. The van der Waals surface area contributed by atoms with Gasteiger partial charge in [0.2, 0.25) is 0 Å². The minimum atomic E-state index is -0.566. The maximum absolute atomic E-state index is 11.2. The van der Waals surface area contributed by atoms with Crippen LogP contribution in [0.25, 0.3) is 17.0 Å². The van der Waals surface area contributed by atoms with Gasteiger partial charge >= 0.3 is 0 Å². The first-order valence-corrected chi connectivity index (χ1v) is 14.0. The third kappa shape index (κ3) is 5.26. The summed E-state index contributed by atoms with van der Waals surface area (Å²) < 4.78 is 6.33. The molecule has 0 bridgehead atoms. The van der Waals surface area contributed by atoms with Crippen LogP contribution in [0, 0.1) is 17.8 Å². The third-order valence-electron chi connectivity index (χ3n) is 9.02. The summed E-state index contributed by atoms with van der Waals surface area (Å²) in [7, 11) is 0. The van der Waals surface area contributed by atoms with Crippen molar-refractivity contribution in [1.82, 2.24) is 15.4 Å². The van der Waals surface area contributed by atoms with Gasteiger partial charge in [0.1, 0.15) is 5.75 Å². The average Bonchev–Trinajstić information content (AvgIpc) is 3.34. The van der Waals surface area contributed by atoms with E-state index < -0.39 is 5.91 Å². The summed E-state index contributed by atoms with van der Waals surface area (Å²) in [5, 5.41) is 21.1. The number of aromatic nitrogens is 1. The van der Waals surface area contributed by atoms with E-state index in [9.17, 15) is 9.90 Å². The minimum absolute atomic E-state index is 0.0986. The third-order valence-corrected chi connectivity index (χ3v) is 9.02. The summed E-state index contributed by atoms with van der Waals surface area (Å²) in [6, 6.07) is 16.9. The van der Waals surface area contributed by atoms with E-state index >= 15 is 0 Å². The van der Waals surface area contributed by atoms with Crippen LogP contribution in [0.15, 0.2) is 66.3 Å². The van der Waals surface area contributed by atoms with Crippen molar-refractivity contribution in [3.05, 3.63) is 83.1 Å². The van der Waals surface area contributed by atoms with Crippen LogP contribution in [0.1, 0.15) is 49.0 Å². The Labute approximate surface area is 229 Å². The molecule has 0 spiro atoms. The van der Waals surface area contributed by atoms with E-state index in [-0.39, 0.29) is 12.0 Å². The van der Waals surface area contributed by atoms with E-state index in [1.165, 1.54) is 28.2 Å². The fourth-order valence-electron chi connectivity index (χ4n) is 7.13. The number of benzene rings is 2. The van der Waals surface area contributed by atoms with Crippen molar-refractivity contribution >= 4 is 22.9 Å². The van der Waals surface area contributed by atoms with Gasteiger partial charge in [0.05, 0.1) is 18.8 Å². The lowest BCUT2D eigenvalue weighted by Gasteiger charge is -2.51. The predicted molar refractivity (Wildman–Crippen MR) is 151 cm³/mol. The van der Waals surface area contributed by atoms with Crippen LogP contribution in [-0.2, 0) is 11.2 Å². The molecule has 2 aliphatic heterocycles. The molecule has 2 fully saturated rings. The molecule has 204 valence electrons. The number of ether oxygens (including phenoxy) is 1. The van der Waals surface area contributed by atoms with Crippen LogP contribution < -0.4 is 10.2 Å². The number of para-hydroxylation sites is 1. The van der Waals surface area contributed by atoms with Gasteiger partial charge in [-0.1, -0.05) is 48.1 Å². The molecule has 4 N–H and O–H groups in total. The van der Waals surface area contributed by atoms with Gasteiger partial charge in [-0.25, -0.2) is 5.48 Å². The zero-order valence-electron chi connectivity index (χ0n) is 22.3. The number of aliphatic hydroxyl groups excluding tert-OH is 1. The molecule has 0 radical (unpaired) electrons. The van der Waals surface area contributed by atoms with Crippen molar-refractivity contribution < 1.29 is 19.8 Å². The molecule has 1 aromatic heterocycles. The fourth-order valence-corrected chi connectivity index (χ4v) is 7.13. The number of hydrogen-bond donors (Lipinski definition) is 4. The number of nitrogens with one attached hydrogen (secondary N) is 2. The van der Waals surface area contributed by atoms with E-state index in [2.05, 4.69) is 34.1 Å². The molecule has 39 heavy (non-hydrogen) atoms. The van der Waals surface area contributed by atoms with Crippen molar-refractivity contribution in [2.45, 2.75) is 44.8 Å². The number of allylic oxidation sites excluding steroid dienone is 2. The quantitative estimate of drug-likeness (QED) is 0.156. The van der Waals surface area contributed by atoms with Gasteiger partial charge in [-0.2, -0.15) is 0 Å². The summed E-state index contributed by atoms with van der Waals surface area (Å²) in [6.07, 6.45) is 8.58. The molecule has 0 unspecified atom stereocenters. The highest BCUT2D eigenvalue weighted by atomic mass is 16.5. The lowest BCUT2D eigenvalue weighted by atomic mass is 9.65. The number of amides is 1. The standard InChI is InChI=1S/C32H37N3O4/c1-20(9-12-31(37)34-38)15-21-5-4-6-23(16-21)39-19-27-26-17-29-32-25(24-7-2-3-8-28(24)33-32)13-14-35(29)18-22(26)10-11-30(27)36/h2-9,12,15-16,22,26-27,29-30,33,36,38H,10-11,13-14,17-19H2,1H3,(H,34,37)/b12-9+,20-15+/t22-,26-,27+,29-,30-/m0/s1. The molecule has 5 atom stereocenters. The van der Waals surface area contributed by atoms with Gasteiger partial charge < -0.3 is 14.8 Å². The van der Waals surface area contributed by atoms with Crippen LogP contribution in [0.3, 0.4) is 0 Å². The number of nitrogens with zero attached hydrogens (tertiary/aromatic N) is 1. The Hall–Kier alpha value is -3.39. The lowest BCUT2D eigenvalue weighted by Crippen LogP contribution is -2.52. The largest absolute Gasteiger partial charge is 0.493 e. The molecule has 6 rings (SSSR count). The van der Waals surface area contributed by atoms with Gasteiger partial charge in [0.25, 0.3) is 5.91 Å². The molecule has 1 aliphatic carbocycles. The highest BCUT2D eigenvalue weighted by Crippen LogP contribution is 2.49. The van der Waals surface area contributed by atoms with Gasteiger partial charge in [-0.05, 0) is 73.8 Å². The number of carbonyl (C=O) groups is 1. The summed E-state index contributed by atoms with van der Waals surface area (Å²) >= 11 is 0. The first-order valence-electron chi connectivity index (χ1n) is 14.0. The average molecular weight is 528 g/mol. The van der Waals surface area contributed by atoms with E-state index in [0.29, 0.717) is 24.5 Å². The number of fused-ring (bicyclic) bond motifs is 6. The SMILES string of the molecule is CC(/C=C/C(=O)NO)=C\c1cccc(OC[C@@H]2[C@H]3C[C@H]4c5[nH]c6ccccc6c5CCN4C[C@@H]3CC[C@@H]2O)c1. The van der Waals surface area contributed by atoms with E-state index in [4.69, 9.17) is 9.94 Å². The number of hydrogen-bond acceptors (Lipinski definition) is 5. The van der Waals surface area contributed by atoms with Crippen molar-refractivity contribution in [2.75, 3.05) is 19.7 Å². The summed E-state index contributed by atoms with van der Waals surface area (Å²) in [6.45, 7) is 4.58. The maximum atomic E-state index is 11.2. The first-order chi connectivity index (χ1) is 19.0. The molecule has 3 aliphatic rings. The number of aromatic amines is 1. The first kappa shape index (κ1) is 25.9. The zero-order valence-corrected chi connectivity index (χ0v) is 22.3. The lowest BCUT2D eigenvalue weighted by molar-refractivity contribution is -0.124. The van der Waals surface area contributed by atoms with Gasteiger partial charge in [0, 0.05) is 41.7 Å². The molecule has 3 aromatic rings. The Kier molecular flexibility index (Phi) is 7.30. The maximum Gasteiger partial charge on any atom is 0.267 e. The Bertz CT molecular complexity index is 1410. The zero-order chi connectivity index (χ0) is 26.9. The highest BCUT2D eigenvalue weighted by Gasteiger charge is 2.47. The van der Waals surface area contributed by atoms with Crippen molar-refractivity contribution in [3.63, 3.8) is 0 Å². The second-order valence-electron chi connectivity index (χ2n) is 11.4. The molecule has 1 saturated carbocycles. The molecule has 1 saturated heterocycles. The van der Waals surface area contributed by atoms with Crippen LogP contribution in [-0.4, -0.2) is 51.9 Å². The molecule has 3 heterocycles. The van der Waals surface area contributed by atoms with Crippen LogP contribution in [0.4, 0.5) is 0 Å². The van der Waals surface area contributed by atoms with Crippen molar-refractivity contribution in [2.24, 2.45) is 17.8 Å². The van der Waals surface area contributed by atoms with Gasteiger partial charge in [-0.3, -0.25) is 14.9 Å². The Balaban J connectivity index is 1.18. The number of piperidine rings is 1. The number of hydroxylamine groups is 1. The van der Waals surface area contributed by atoms with Crippen molar-refractivity contribution in [1.29, 1.82) is 0 Å². The second kappa shape index (κ2) is 11.0. The van der Waals surface area contributed by atoms with E-state index in [1.54, 1.807) is 11.6 Å². The number of aliphatic hydroxyl groups is 1. The van der Waals surface area contributed by atoms with Crippen LogP contribution in [0.5, 0.6) is 5.75 Å². The molecular formula is C32H37N3O4. The summed E-state index contributed by atoms with van der Waals surface area (Å²) in [4.78, 5) is 17.7. The second-order valence-corrected chi connectivity index (χ2v) is 11.4. The number of carbonyl (C=O) groups excluding carboxylic acids is 1. The van der Waals surface area contributed by atoms with Gasteiger partial charge in [-0.15, -0.1) is 0 Å². The monoisotopic (exact) mass is 527 g/mol. The Morgan fingerprint density at radius 1 is 1.18 bits per heavy atom. The minimum Gasteiger partial charge on any atom is -0.493 e. The summed E-state index contributed by atoms with van der Waals surface area (Å²) in [5.74, 6) is 1.31. The fraction of sp³-hybridized carbons (Fsp3) is 0.406. The van der Waals surface area contributed by atoms with Crippen LogP contribution >= 0.6 is 0 Å². The Morgan fingerprint density at radius 3 is 2.92 bits per heavy atom. The molecule has 1 amide bonds. The number of H-pyrrole nitrogens is 1. The molecular weight excluding hydrogens is 490 g/mol. The van der Waals surface area contributed by atoms with Crippen LogP contribution in [0.2, 0.25) is 0 Å². The molecule has 7 nitrogen and oxygen atoms in total.